The van der Waals surface area contributed by atoms with Gasteiger partial charge in [0.05, 0.1) is 11.3 Å². The summed E-state index contributed by atoms with van der Waals surface area (Å²) in [4.78, 5) is 15.6. The molecule has 0 atom stereocenters. The van der Waals surface area contributed by atoms with E-state index >= 15 is 0 Å². The van der Waals surface area contributed by atoms with Gasteiger partial charge in [-0.25, -0.2) is 15.0 Å². The molecule has 0 amide bonds. The number of rotatable bonds is 2. The van der Waals surface area contributed by atoms with Gasteiger partial charge < -0.3 is 4.98 Å². The van der Waals surface area contributed by atoms with Crippen LogP contribution in [0.5, 0.6) is 0 Å². The minimum absolute atomic E-state index is 0.656. The van der Waals surface area contributed by atoms with Gasteiger partial charge in [-0.1, -0.05) is 29.8 Å². The molecule has 1 aromatic carbocycles. The summed E-state index contributed by atoms with van der Waals surface area (Å²) in [5.41, 5.74) is 2.47. The first kappa shape index (κ1) is 10.9. The summed E-state index contributed by atoms with van der Waals surface area (Å²) in [5, 5.41) is 0.656. The Hall–Kier alpha value is -2.20. The van der Waals surface area contributed by atoms with Crippen molar-refractivity contribution in [2.24, 2.45) is 0 Å². The van der Waals surface area contributed by atoms with E-state index in [-0.39, 0.29) is 0 Å². The number of nitrogens with zero attached hydrogens (tertiary/aromatic N) is 3. The van der Waals surface area contributed by atoms with E-state index in [1.54, 1.807) is 18.6 Å². The number of aromatic nitrogens is 4. The molecule has 0 aliphatic carbocycles. The number of imidazole rings is 1. The molecule has 18 heavy (non-hydrogen) atoms. The first-order valence-corrected chi connectivity index (χ1v) is 5.78. The Morgan fingerprint density at radius 3 is 2.72 bits per heavy atom. The highest BCUT2D eigenvalue weighted by molar-refractivity contribution is 6.33. The molecule has 0 saturated carbocycles. The zero-order valence-electron chi connectivity index (χ0n) is 9.34. The molecule has 0 saturated heterocycles. The highest BCUT2D eigenvalue weighted by Crippen LogP contribution is 2.31. The van der Waals surface area contributed by atoms with Crippen LogP contribution in [0.3, 0.4) is 0 Å². The van der Waals surface area contributed by atoms with Crippen molar-refractivity contribution >= 4 is 11.6 Å². The fourth-order valence-electron chi connectivity index (χ4n) is 1.78. The minimum atomic E-state index is 0.656. The van der Waals surface area contributed by atoms with Crippen LogP contribution in [0.2, 0.25) is 5.02 Å². The summed E-state index contributed by atoms with van der Waals surface area (Å²) in [6.07, 6.45) is 6.69. The molecule has 0 fully saturated rings. The lowest BCUT2D eigenvalue weighted by molar-refractivity contribution is 1.15. The van der Waals surface area contributed by atoms with Crippen LogP contribution in [0, 0.1) is 0 Å². The van der Waals surface area contributed by atoms with Crippen molar-refractivity contribution < 1.29 is 0 Å². The minimum Gasteiger partial charge on any atom is -0.345 e. The van der Waals surface area contributed by atoms with E-state index in [1.165, 1.54) is 6.33 Å². The molecule has 2 aromatic heterocycles. The van der Waals surface area contributed by atoms with Gasteiger partial charge in [0.15, 0.2) is 0 Å². The Bertz CT molecular complexity index is 664. The van der Waals surface area contributed by atoms with Crippen LogP contribution < -0.4 is 0 Å². The highest BCUT2D eigenvalue weighted by Gasteiger charge is 2.12. The van der Waals surface area contributed by atoms with Gasteiger partial charge >= 0.3 is 0 Å². The third-order valence-electron chi connectivity index (χ3n) is 2.59. The molecule has 3 rings (SSSR count). The predicted molar refractivity (Wildman–Crippen MR) is 70.1 cm³/mol. The lowest BCUT2D eigenvalue weighted by Gasteiger charge is -2.07. The van der Waals surface area contributed by atoms with Gasteiger partial charge in [-0.2, -0.15) is 0 Å². The Kier molecular flexibility index (Phi) is 2.78. The molecule has 0 unspecified atom stereocenters. The molecule has 3 aromatic rings. The lowest BCUT2D eigenvalue weighted by Crippen LogP contribution is -1.92. The number of benzene rings is 1. The standard InChI is InChI=1S/C13H9ClN4/c14-11-4-2-1-3-9(11)12-10(7-15-8-18-12)13-16-5-6-17-13/h1-8H,(H,16,17). The summed E-state index contributed by atoms with van der Waals surface area (Å²) >= 11 is 6.20. The molecular formula is C13H9ClN4. The topological polar surface area (TPSA) is 54.5 Å². The molecule has 0 spiro atoms. The molecule has 0 radical (unpaired) electrons. The molecule has 5 heteroatoms. The molecule has 0 bridgehead atoms. The number of hydrogen-bond donors (Lipinski definition) is 1. The van der Waals surface area contributed by atoms with Crippen molar-refractivity contribution in [1.29, 1.82) is 0 Å². The quantitative estimate of drug-likeness (QED) is 0.766. The van der Waals surface area contributed by atoms with E-state index in [0.29, 0.717) is 5.02 Å². The highest BCUT2D eigenvalue weighted by atomic mass is 35.5. The van der Waals surface area contributed by atoms with Gasteiger partial charge in [-0.3, -0.25) is 0 Å². The average molecular weight is 257 g/mol. The van der Waals surface area contributed by atoms with Gasteiger partial charge in [-0.05, 0) is 6.07 Å². The Morgan fingerprint density at radius 2 is 1.94 bits per heavy atom. The molecule has 2 heterocycles. The van der Waals surface area contributed by atoms with Crippen molar-refractivity contribution in [2.45, 2.75) is 0 Å². The van der Waals surface area contributed by atoms with E-state index in [0.717, 1.165) is 22.6 Å². The molecule has 0 aliphatic rings. The molecule has 0 aliphatic heterocycles. The van der Waals surface area contributed by atoms with Crippen LogP contribution in [0.4, 0.5) is 0 Å². The molecule has 1 N–H and O–H groups in total. The normalized spacial score (nSPS) is 10.5. The van der Waals surface area contributed by atoms with E-state index in [4.69, 9.17) is 11.6 Å². The molecule has 4 nitrogen and oxygen atoms in total. The van der Waals surface area contributed by atoms with Crippen LogP contribution >= 0.6 is 11.6 Å². The third kappa shape index (κ3) is 1.87. The SMILES string of the molecule is Clc1ccccc1-c1ncncc1-c1ncc[nH]1. The fraction of sp³-hybridized carbons (Fsp3) is 0. The van der Waals surface area contributed by atoms with E-state index < -0.39 is 0 Å². The van der Waals surface area contributed by atoms with E-state index in [2.05, 4.69) is 19.9 Å². The van der Waals surface area contributed by atoms with Gasteiger partial charge in [-0.15, -0.1) is 0 Å². The Morgan fingerprint density at radius 1 is 1.06 bits per heavy atom. The fourth-order valence-corrected chi connectivity index (χ4v) is 2.01. The summed E-state index contributed by atoms with van der Waals surface area (Å²) in [5.74, 6) is 0.727. The number of hydrogen-bond acceptors (Lipinski definition) is 3. The number of H-pyrrole nitrogens is 1. The van der Waals surface area contributed by atoms with Gasteiger partial charge in [0, 0.05) is 29.2 Å². The van der Waals surface area contributed by atoms with E-state index in [1.807, 2.05) is 24.3 Å². The largest absolute Gasteiger partial charge is 0.345 e. The van der Waals surface area contributed by atoms with Crippen LogP contribution in [0.15, 0.2) is 49.2 Å². The summed E-state index contributed by atoms with van der Waals surface area (Å²) in [7, 11) is 0. The van der Waals surface area contributed by atoms with Crippen molar-refractivity contribution in [3.63, 3.8) is 0 Å². The zero-order chi connectivity index (χ0) is 12.4. The third-order valence-corrected chi connectivity index (χ3v) is 2.92. The van der Waals surface area contributed by atoms with E-state index in [9.17, 15) is 0 Å². The van der Waals surface area contributed by atoms with Crippen molar-refractivity contribution in [3.05, 3.63) is 54.2 Å². The summed E-state index contributed by atoms with van der Waals surface area (Å²) in [6.45, 7) is 0. The number of nitrogens with one attached hydrogen (secondary N) is 1. The summed E-state index contributed by atoms with van der Waals surface area (Å²) < 4.78 is 0. The van der Waals surface area contributed by atoms with Crippen LogP contribution in [-0.4, -0.2) is 19.9 Å². The average Bonchev–Trinajstić information content (AvgIpc) is 2.93. The molecular weight excluding hydrogens is 248 g/mol. The second-order valence-electron chi connectivity index (χ2n) is 3.70. The lowest BCUT2D eigenvalue weighted by atomic mass is 10.1. The van der Waals surface area contributed by atoms with Gasteiger partial charge in [0.25, 0.3) is 0 Å². The molecule has 88 valence electrons. The predicted octanol–water partition coefficient (Wildman–Crippen LogP) is 3.19. The maximum atomic E-state index is 6.20. The van der Waals surface area contributed by atoms with Gasteiger partial charge in [0.1, 0.15) is 12.2 Å². The maximum Gasteiger partial charge on any atom is 0.141 e. The van der Waals surface area contributed by atoms with Crippen molar-refractivity contribution in [1.82, 2.24) is 19.9 Å². The Labute approximate surface area is 109 Å². The first-order valence-electron chi connectivity index (χ1n) is 5.41. The summed E-state index contributed by atoms with van der Waals surface area (Å²) in [6, 6.07) is 7.58. The number of aromatic amines is 1. The van der Waals surface area contributed by atoms with Crippen LogP contribution in [0.1, 0.15) is 0 Å². The number of halogens is 1. The Balaban J connectivity index is 2.22. The first-order chi connectivity index (χ1) is 8.86. The van der Waals surface area contributed by atoms with Crippen LogP contribution in [0.25, 0.3) is 22.6 Å². The maximum absolute atomic E-state index is 6.20. The monoisotopic (exact) mass is 256 g/mol. The zero-order valence-corrected chi connectivity index (χ0v) is 10.1. The van der Waals surface area contributed by atoms with Gasteiger partial charge in [0.2, 0.25) is 0 Å². The van der Waals surface area contributed by atoms with Crippen molar-refractivity contribution in [2.75, 3.05) is 0 Å². The smallest absolute Gasteiger partial charge is 0.141 e. The second kappa shape index (κ2) is 4.58. The van der Waals surface area contributed by atoms with Crippen LogP contribution in [-0.2, 0) is 0 Å². The second-order valence-corrected chi connectivity index (χ2v) is 4.11. The van der Waals surface area contributed by atoms with Crippen molar-refractivity contribution in [3.8, 4) is 22.6 Å².